The fraction of sp³-hybridized carbons (Fsp3) is 0.160. The van der Waals surface area contributed by atoms with Crippen molar-refractivity contribution in [3.8, 4) is 0 Å². The Labute approximate surface area is 202 Å². The molecule has 1 heterocycles. The largest absolute Gasteiger partial charge is 1.00 e. The van der Waals surface area contributed by atoms with Gasteiger partial charge in [0.25, 0.3) is 0 Å². The number of aromatic nitrogens is 2. The number of carbonyl (C=O) groups is 2. The molecule has 0 radical (unpaired) electrons. The third-order valence-electron chi connectivity index (χ3n) is 5.24. The highest BCUT2D eigenvalue weighted by molar-refractivity contribution is 5.89. The maximum atomic E-state index is 11.7. The SMILES string of the molecule is COC(=O)c1ccc(Cn2c[n+](Cc3ccc(C(=O)OC)cc3)c3ccccc32)cc1.O.[Br-]. The van der Waals surface area contributed by atoms with Crippen molar-refractivity contribution < 1.29 is 46.1 Å². The monoisotopic (exact) mass is 512 g/mol. The number of rotatable bonds is 6. The second-order valence-electron chi connectivity index (χ2n) is 7.24. The molecule has 8 heteroatoms. The van der Waals surface area contributed by atoms with E-state index < -0.39 is 0 Å². The van der Waals surface area contributed by atoms with Gasteiger partial charge in [-0.2, -0.15) is 0 Å². The van der Waals surface area contributed by atoms with Crippen LogP contribution in [0.15, 0.2) is 79.1 Å². The molecule has 7 nitrogen and oxygen atoms in total. The highest BCUT2D eigenvalue weighted by Gasteiger charge is 2.16. The van der Waals surface area contributed by atoms with E-state index in [2.05, 4.69) is 27.6 Å². The summed E-state index contributed by atoms with van der Waals surface area (Å²) in [6.45, 7) is 1.35. The highest BCUT2D eigenvalue weighted by atomic mass is 79.9. The van der Waals surface area contributed by atoms with Gasteiger partial charge < -0.3 is 31.9 Å². The molecule has 0 bridgehead atoms. The second kappa shape index (κ2) is 11.4. The van der Waals surface area contributed by atoms with E-state index in [0.717, 1.165) is 22.2 Å². The first-order chi connectivity index (χ1) is 15.1. The van der Waals surface area contributed by atoms with Crippen LogP contribution in [0.2, 0.25) is 0 Å². The fourth-order valence-electron chi connectivity index (χ4n) is 3.62. The number of benzene rings is 3. The Kier molecular flexibility index (Phi) is 8.90. The lowest BCUT2D eigenvalue weighted by Gasteiger charge is -2.02. The lowest BCUT2D eigenvalue weighted by molar-refractivity contribution is -0.663. The summed E-state index contributed by atoms with van der Waals surface area (Å²) in [7, 11) is 2.76. The van der Waals surface area contributed by atoms with Gasteiger partial charge in [-0.05, 0) is 47.5 Å². The molecule has 0 aliphatic heterocycles. The third-order valence-corrected chi connectivity index (χ3v) is 5.24. The molecule has 0 fully saturated rings. The zero-order valence-corrected chi connectivity index (χ0v) is 19.9. The van der Waals surface area contributed by atoms with Crippen molar-refractivity contribution in [1.82, 2.24) is 4.57 Å². The Bertz CT molecular complexity index is 1140. The van der Waals surface area contributed by atoms with Gasteiger partial charge in [0, 0.05) is 0 Å². The molecule has 0 saturated carbocycles. The molecule has 0 spiro atoms. The number of methoxy groups -OCH3 is 2. The number of para-hydroxylation sites is 2. The topological polar surface area (TPSA) is 92.9 Å². The van der Waals surface area contributed by atoms with E-state index in [1.54, 1.807) is 24.3 Å². The van der Waals surface area contributed by atoms with Crippen LogP contribution < -0.4 is 21.5 Å². The van der Waals surface area contributed by atoms with Crippen molar-refractivity contribution in [3.05, 3.63) is 101 Å². The summed E-state index contributed by atoms with van der Waals surface area (Å²) < 4.78 is 13.9. The van der Waals surface area contributed by atoms with Crippen LogP contribution in [-0.2, 0) is 22.6 Å². The van der Waals surface area contributed by atoms with Gasteiger partial charge in [-0.1, -0.05) is 36.4 Å². The Hall–Kier alpha value is -3.49. The molecule has 0 aliphatic carbocycles. The molecule has 4 rings (SSSR count). The van der Waals surface area contributed by atoms with Gasteiger partial charge >= 0.3 is 11.9 Å². The number of carbonyl (C=O) groups excluding carboxylic acids is 2. The average molecular weight is 513 g/mol. The van der Waals surface area contributed by atoms with Gasteiger partial charge in [0.05, 0.1) is 25.3 Å². The van der Waals surface area contributed by atoms with Crippen LogP contribution in [0.5, 0.6) is 0 Å². The average Bonchev–Trinajstić information content (AvgIpc) is 3.16. The summed E-state index contributed by atoms with van der Waals surface area (Å²) in [6, 6.07) is 23.1. The number of nitrogens with zero attached hydrogens (tertiary/aromatic N) is 2. The summed E-state index contributed by atoms with van der Waals surface area (Å²) >= 11 is 0. The molecule has 33 heavy (non-hydrogen) atoms. The minimum atomic E-state index is -0.339. The van der Waals surface area contributed by atoms with E-state index in [4.69, 9.17) is 9.47 Å². The van der Waals surface area contributed by atoms with Crippen molar-refractivity contribution >= 4 is 23.0 Å². The lowest BCUT2D eigenvalue weighted by atomic mass is 10.1. The number of esters is 2. The first kappa shape index (κ1) is 25.8. The van der Waals surface area contributed by atoms with Crippen LogP contribution in [0.4, 0.5) is 0 Å². The van der Waals surface area contributed by atoms with Crippen LogP contribution in [-0.4, -0.2) is 36.2 Å². The quantitative estimate of drug-likeness (QED) is 0.263. The molecular formula is C25H25BrN2O5. The van der Waals surface area contributed by atoms with Crippen molar-refractivity contribution in [1.29, 1.82) is 0 Å². The minimum absolute atomic E-state index is 0. The maximum Gasteiger partial charge on any atom is 0.337 e. The van der Waals surface area contributed by atoms with E-state index >= 15 is 0 Å². The number of fused-ring (bicyclic) bond motifs is 1. The molecule has 172 valence electrons. The van der Waals surface area contributed by atoms with E-state index in [1.807, 2.05) is 36.4 Å². The number of ether oxygens (including phenoxy) is 2. The second-order valence-corrected chi connectivity index (χ2v) is 7.24. The van der Waals surface area contributed by atoms with Crippen molar-refractivity contribution in [2.45, 2.75) is 13.1 Å². The smallest absolute Gasteiger partial charge is 0.337 e. The normalized spacial score (nSPS) is 10.1. The molecule has 2 N–H and O–H groups in total. The Morgan fingerprint density at radius 2 is 1.30 bits per heavy atom. The standard InChI is InChI=1S/C25H23N2O4.BrH.H2O/c1-30-24(28)20-11-7-18(8-12-20)15-26-17-27(23-6-4-3-5-22(23)26)16-19-9-13-21(14-10-19)25(29)31-2;;/h3-14,17H,15-16H2,1-2H3;1H;1H2/q+1;;/p-1. The van der Waals surface area contributed by atoms with Crippen LogP contribution in [0, 0.1) is 0 Å². The van der Waals surface area contributed by atoms with Crippen LogP contribution in [0.3, 0.4) is 0 Å². The molecule has 0 amide bonds. The number of hydrogen-bond acceptors (Lipinski definition) is 4. The summed E-state index contributed by atoms with van der Waals surface area (Å²) in [5.41, 5.74) is 5.48. The molecular weight excluding hydrogens is 488 g/mol. The van der Waals surface area contributed by atoms with Crippen LogP contribution in [0.25, 0.3) is 11.0 Å². The van der Waals surface area contributed by atoms with E-state index in [-0.39, 0.29) is 34.4 Å². The summed E-state index contributed by atoms with van der Waals surface area (Å²) in [5, 5.41) is 0. The first-order valence-corrected chi connectivity index (χ1v) is 9.91. The molecule has 4 aromatic rings. The van der Waals surface area contributed by atoms with Crippen LogP contribution in [0.1, 0.15) is 31.8 Å². The maximum absolute atomic E-state index is 11.7. The number of imidazole rings is 1. The van der Waals surface area contributed by atoms with Crippen molar-refractivity contribution in [3.63, 3.8) is 0 Å². The predicted octanol–water partition coefficient (Wildman–Crippen LogP) is -0.222. The number of halogens is 1. The molecule has 0 unspecified atom stereocenters. The van der Waals surface area contributed by atoms with Gasteiger partial charge in [0.15, 0.2) is 11.0 Å². The summed E-state index contributed by atoms with van der Waals surface area (Å²) in [6.07, 6.45) is 2.09. The van der Waals surface area contributed by atoms with Gasteiger partial charge in [-0.15, -0.1) is 0 Å². The molecule has 1 aromatic heterocycles. The Balaban J connectivity index is 0.00000193. The fourth-order valence-corrected chi connectivity index (χ4v) is 3.62. The molecule has 0 atom stereocenters. The number of hydrogen-bond donors (Lipinski definition) is 0. The van der Waals surface area contributed by atoms with Gasteiger partial charge in [-0.3, -0.25) is 0 Å². The summed E-state index contributed by atoms with van der Waals surface area (Å²) in [5.74, 6) is -0.678. The summed E-state index contributed by atoms with van der Waals surface area (Å²) in [4.78, 5) is 23.3. The third kappa shape index (κ3) is 5.66. The molecule has 3 aromatic carbocycles. The van der Waals surface area contributed by atoms with Crippen molar-refractivity contribution in [2.24, 2.45) is 0 Å². The van der Waals surface area contributed by atoms with E-state index in [0.29, 0.717) is 24.2 Å². The Morgan fingerprint density at radius 1 is 0.788 bits per heavy atom. The lowest BCUT2D eigenvalue weighted by Crippen LogP contribution is -3.00. The van der Waals surface area contributed by atoms with Crippen molar-refractivity contribution in [2.75, 3.05) is 14.2 Å². The zero-order valence-electron chi connectivity index (χ0n) is 18.3. The van der Waals surface area contributed by atoms with E-state index in [1.165, 1.54) is 14.2 Å². The highest BCUT2D eigenvalue weighted by Crippen LogP contribution is 2.15. The van der Waals surface area contributed by atoms with E-state index in [9.17, 15) is 9.59 Å². The molecule has 0 saturated heterocycles. The van der Waals surface area contributed by atoms with Gasteiger partial charge in [0.2, 0.25) is 6.33 Å². The van der Waals surface area contributed by atoms with Crippen LogP contribution >= 0.6 is 0 Å². The zero-order chi connectivity index (χ0) is 21.8. The minimum Gasteiger partial charge on any atom is -1.00 e. The van der Waals surface area contributed by atoms with Gasteiger partial charge in [-0.25, -0.2) is 18.7 Å². The first-order valence-electron chi connectivity index (χ1n) is 9.91. The van der Waals surface area contributed by atoms with Gasteiger partial charge in [0.1, 0.15) is 13.1 Å². The predicted molar refractivity (Wildman–Crippen MR) is 120 cm³/mol. The Morgan fingerprint density at radius 3 is 1.85 bits per heavy atom. The molecule has 0 aliphatic rings.